The molecular formula is C13H20N2O3. The topological polar surface area (TPSA) is 62.7 Å². The third kappa shape index (κ3) is 4.00. The van der Waals surface area contributed by atoms with Crippen molar-refractivity contribution in [1.82, 2.24) is 4.98 Å². The fourth-order valence-electron chi connectivity index (χ4n) is 1.66. The van der Waals surface area contributed by atoms with Crippen LogP contribution in [0.15, 0.2) is 18.3 Å². The van der Waals surface area contributed by atoms with E-state index in [2.05, 4.69) is 9.72 Å². The van der Waals surface area contributed by atoms with Crippen LogP contribution >= 0.6 is 0 Å². The molecule has 0 aromatic carbocycles. The van der Waals surface area contributed by atoms with Gasteiger partial charge in [0.25, 0.3) is 0 Å². The highest BCUT2D eigenvalue weighted by atomic mass is 16.5. The Bertz CT molecular complexity index is 413. The maximum Gasteiger partial charge on any atom is 0.338 e. The maximum absolute atomic E-state index is 11.4. The van der Waals surface area contributed by atoms with Gasteiger partial charge in [0, 0.05) is 19.3 Å². The number of rotatable bonds is 5. The summed E-state index contributed by atoms with van der Waals surface area (Å²) in [5, 5.41) is 9.84. The summed E-state index contributed by atoms with van der Waals surface area (Å²) in [6.07, 6.45) is 1.56. The summed E-state index contributed by atoms with van der Waals surface area (Å²) in [5.74, 6) is 0.264. The minimum absolute atomic E-state index is 0.391. The van der Waals surface area contributed by atoms with Crippen LogP contribution in [0.25, 0.3) is 0 Å². The van der Waals surface area contributed by atoms with Gasteiger partial charge in [0.05, 0.1) is 18.3 Å². The number of carbonyl (C=O) groups excluding carboxylic acids is 1. The molecule has 1 heterocycles. The molecule has 1 rings (SSSR count). The standard InChI is InChI=1S/C13H20N2O3/c1-5-15(9-13(2,3)17)11-8-10(6-7-14-11)12(16)18-4/h6-8,17H,5,9H2,1-4H3. The van der Waals surface area contributed by atoms with Crippen LogP contribution in [0.4, 0.5) is 5.82 Å². The molecule has 0 saturated carbocycles. The van der Waals surface area contributed by atoms with E-state index < -0.39 is 11.6 Å². The maximum atomic E-state index is 11.4. The Labute approximate surface area is 107 Å². The first-order valence-corrected chi connectivity index (χ1v) is 5.89. The predicted molar refractivity (Wildman–Crippen MR) is 69.8 cm³/mol. The minimum Gasteiger partial charge on any atom is -0.465 e. The molecule has 1 aromatic rings. The third-order valence-electron chi connectivity index (χ3n) is 2.45. The smallest absolute Gasteiger partial charge is 0.338 e. The van der Waals surface area contributed by atoms with Crippen molar-refractivity contribution >= 4 is 11.8 Å². The Balaban J connectivity index is 2.96. The molecular weight excluding hydrogens is 232 g/mol. The number of pyridine rings is 1. The number of esters is 1. The van der Waals surface area contributed by atoms with E-state index in [-0.39, 0.29) is 0 Å². The summed E-state index contributed by atoms with van der Waals surface area (Å²) in [7, 11) is 1.34. The molecule has 0 fully saturated rings. The molecule has 1 N–H and O–H groups in total. The number of carbonyl (C=O) groups is 1. The van der Waals surface area contributed by atoms with Crippen molar-refractivity contribution < 1.29 is 14.6 Å². The lowest BCUT2D eigenvalue weighted by molar-refractivity contribution is 0.0600. The van der Waals surface area contributed by atoms with Gasteiger partial charge >= 0.3 is 5.97 Å². The highest BCUT2D eigenvalue weighted by molar-refractivity contribution is 5.90. The second-order valence-corrected chi connectivity index (χ2v) is 4.72. The zero-order valence-corrected chi connectivity index (χ0v) is 11.3. The molecule has 100 valence electrons. The normalized spacial score (nSPS) is 11.2. The molecule has 5 heteroatoms. The van der Waals surface area contributed by atoms with Crippen LogP contribution in [-0.2, 0) is 4.74 Å². The van der Waals surface area contributed by atoms with Gasteiger partial charge in [-0.1, -0.05) is 0 Å². The Morgan fingerprint density at radius 3 is 2.72 bits per heavy atom. The summed E-state index contributed by atoms with van der Waals surface area (Å²) in [5.41, 5.74) is -0.365. The molecule has 0 aliphatic carbocycles. The molecule has 0 unspecified atom stereocenters. The number of nitrogens with zero attached hydrogens (tertiary/aromatic N) is 2. The molecule has 0 atom stereocenters. The summed E-state index contributed by atoms with van der Waals surface area (Å²) >= 11 is 0. The number of hydrogen-bond donors (Lipinski definition) is 1. The Morgan fingerprint density at radius 1 is 1.56 bits per heavy atom. The number of likely N-dealkylation sites (N-methyl/N-ethyl adjacent to an activating group) is 1. The van der Waals surface area contributed by atoms with Crippen molar-refractivity contribution in [3.05, 3.63) is 23.9 Å². The molecule has 18 heavy (non-hydrogen) atoms. The van der Waals surface area contributed by atoms with Crippen LogP contribution in [0.5, 0.6) is 0 Å². The molecule has 0 saturated heterocycles. The van der Waals surface area contributed by atoms with Gasteiger partial charge in [0.1, 0.15) is 5.82 Å². The van der Waals surface area contributed by atoms with Crippen molar-refractivity contribution in [3.63, 3.8) is 0 Å². The predicted octanol–water partition coefficient (Wildman–Crippen LogP) is 1.47. The van der Waals surface area contributed by atoms with E-state index in [1.54, 1.807) is 32.2 Å². The van der Waals surface area contributed by atoms with Crippen LogP contribution in [0.1, 0.15) is 31.1 Å². The van der Waals surface area contributed by atoms with E-state index in [0.29, 0.717) is 24.5 Å². The van der Waals surface area contributed by atoms with E-state index in [0.717, 1.165) is 0 Å². The lowest BCUT2D eigenvalue weighted by Crippen LogP contribution is -2.39. The van der Waals surface area contributed by atoms with Crippen LogP contribution in [0.3, 0.4) is 0 Å². The van der Waals surface area contributed by atoms with Crippen molar-refractivity contribution in [3.8, 4) is 0 Å². The molecule has 0 amide bonds. The summed E-state index contributed by atoms with van der Waals surface area (Å²) in [6.45, 7) is 6.58. The van der Waals surface area contributed by atoms with E-state index in [1.807, 2.05) is 11.8 Å². The SMILES string of the molecule is CCN(CC(C)(C)O)c1cc(C(=O)OC)ccn1. The lowest BCUT2D eigenvalue weighted by Gasteiger charge is -2.29. The van der Waals surface area contributed by atoms with Gasteiger partial charge in [-0.15, -0.1) is 0 Å². The molecule has 0 bridgehead atoms. The van der Waals surface area contributed by atoms with Crippen LogP contribution in [0.2, 0.25) is 0 Å². The molecule has 1 aromatic heterocycles. The van der Waals surface area contributed by atoms with Crippen molar-refractivity contribution in [2.45, 2.75) is 26.4 Å². The van der Waals surface area contributed by atoms with Gasteiger partial charge < -0.3 is 14.7 Å². The number of aliphatic hydroxyl groups is 1. The number of hydrogen-bond acceptors (Lipinski definition) is 5. The number of aromatic nitrogens is 1. The van der Waals surface area contributed by atoms with E-state index in [1.165, 1.54) is 7.11 Å². The fourth-order valence-corrected chi connectivity index (χ4v) is 1.66. The third-order valence-corrected chi connectivity index (χ3v) is 2.45. The zero-order valence-electron chi connectivity index (χ0n) is 11.3. The van der Waals surface area contributed by atoms with Crippen LogP contribution in [0, 0.1) is 0 Å². The van der Waals surface area contributed by atoms with Gasteiger partial charge in [-0.25, -0.2) is 9.78 Å². The van der Waals surface area contributed by atoms with Crippen LogP contribution < -0.4 is 4.90 Å². The summed E-state index contributed by atoms with van der Waals surface area (Å²) in [6, 6.07) is 3.27. The van der Waals surface area contributed by atoms with E-state index >= 15 is 0 Å². The highest BCUT2D eigenvalue weighted by Gasteiger charge is 2.19. The van der Waals surface area contributed by atoms with Crippen molar-refractivity contribution in [2.24, 2.45) is 0 Å². The lowest BCUT2D eigenvalue weighted by atomic mass is 10.1. The Hall–Kier alpha value is -1.62. The fraction of sp³-hybridized carbons (Fsp3) is 0.538. The molecule has 5 nitrogen and oxygen atoms in total. The molecule has 0 radical (unpaired) electrons. The molecule has 0 aliphatic rings. The first kappa shape index (κ1) is 14.4. The molecule has 0 spiro atoms. The summed E-state index contributed by atoms with van der Waals surface area (Å²) < 4.78 is 4.67. The minimum atomic E-state index is -0.820. The zero-order chi connectivity index (χ0) is 13.8. The van der Waals surface area contributed by atoms with Gasteiger partial charge in [0.15, 0.2) is 0 Å². The first-order valence-electron chi connectivity index (χ1n) is 5.89. The Kier molecular flexibility index (Phi) is 4.67. The molecule has 0 aliphatic heterocycles. The van der Waals surface area contributed by atoms with E-state index in [9.17, 15) is 9.90 Å². The number of anilines is 1. The van der Waals surface area contributed by atoms with Crippen LogP contribution in [-0.4, -0.2) is 41.9 Å². The monoisotopic (exact) mass is 252 g/mol. The second kappa shape index (κ2) is 5.82. The first-order chi connectivity index (χ1) is 8.37. The average Bonchev–Trinajstić information content (AvgIpc) is 2.34. The van der Waals surface area contributed by atoms with Gasteiger partial charge in [-0.05, 0) is 32.9 Å². The van der Waals surface area contributed by atoms with Gasteiger partial charge in [-0.3, -0.25) is 0 Å². The summed E-state index contributed by atoms with van der Waals surface area (Å²) in [4.78, 5) is 17.6. The van der Waals surface area contributed by atoms with Crippen molar-refractivity contribution in [1.29, 1.82) is 0 Å². The quantitative estimate of drug-likeness (QED) is 0.804. The Morgan fingerprint density at radius 2 is 2.22 bits per heavy atom. The highest BCUT2D eigenvalue weighted by Crippen LogP contribution is 2.16. The number of ether oxygens (including phenoxy) is 1. The van der Waals surface area contributed by atoms with Gasteiger partial charge in [0.2, 0.25) is 0 Å². The second-order valence-electron chi connectivity index (χ2n) is 4.72. The van der Waals surface area contributed by atoms with Gasteiger partial charge in [-0.2, -0.15) is 0 Å². The van der Waals surface area contributed by atoms with E-state index in [4.69, 9.17) is 0 Å². The number of methoxy groups -OCH3 is 1. The van der Waals surface area contributed by atoms with Crippen molar-refractivity contribution in [2.75, 3.05) is 25.1 Å². The average molecular weight is 252 g/mol. The largest absolute Gasteiger partial charge is 0.465 e.